The predicted octanol–water partition coefficient (Wildman–Crippen LogP) is 1.19. The number of aryl methyl sites for hydroxylation is 1. The minimum Gasteiger partial charge on any atom is -0.378 e. The molecular weight excluding hydrogens is 223 g/mol. The van der Waals surface area contributed by atoms with E-state index in [1.165, 1.54) is 12.1 Å². The molecule has 1 unspecified atom stereocenters. The second kappa shape index (κ2) is 4.33. The van der Waals surface area contributed by atoms with Gasteiger partial charge in [-0.2, -0.15) is 0 Å². The number of amides is 1. The summed E-state index contributed by atoms with van der Waals surface area (Å²) in [5, 5.41) is 3.00. The van der Waals surface area contributed by atoms with Crippen LogP contribution in [0.5, 0.6) is 0 Å². The van der Waals surface area contributed by atoms with Gasteiger partial charge in [0.1, 0.15) is 11.4 Å². The second-order valence-corrected chi connectivity index (χ2v) is 4.39. The first-order valence-electron chi connectivity index (χ1n) is 5.45. The Balaban J connectivity index is 2.26. The number of carbonyl (C=O) groups is 1. The lowest BCUT2D eigenvalue weighted by molar-refractivity contribution is -0.122. The molecule has 3 N–H and O–H groups in total. The van der Waals surface area contributed by atoms with Gasteiger partial charge in [-0.05, 0) is 30.7 Å². The first kappa shape index (κ1) is 11.9. The third-order valence-corrected chi connectivity index (χ3v) is 2.92. The van der Waals surface area contributed by atoms with E-state index >= 15 is 0 Å². The van der Waals surface area contributed by atoms with E-state index in [0.29, 0.717) is 18.7 Å². The van der Waals surface area contributed by atoms with Crippen LogP contribution in [-0.2, 0) is 9.53 Å². The molecule has 0 radical (unpaired) electrons. The molecule has 92 valence electrons. The van der Waals surface area contributed by atoms with Gasteiger partial charge in [0, 0.05) is 18.7 Å². The molecule has 1 aliphatic heterocycles. The third kappa shape index (κ3) is 2.39. The third-order valence-electron chi connectivity index (χ3n) is 2.92. The number of rotatable bonds is 3. The highest BCUT2D eigenvalue weighted by Crippen LogP contribution is 2.25. The van der Waals surface area contributed by atoms with Crippen molar-refractivity contribution in [1.29, 1.82) is 0 Å². The Morgan fingerprint density at radius 3 is 2.82 bits per heavy atom. The highest BCUT2D eigenvalue weighted by molar-refractivity contribution is 5.88. The molecule has 0 aromatic heterocycles. The predicted molar refractivity (Wildman–Crippen MR) is 62.1 cm³/mol. The number of hydrogen-bond donors (Lipinski definition) is 2. The van der Waals surface area contributed by atoms with Crippen molar-refractivity contribution in [2.24, 2.45) is 5.73 Å². The van der Waals surface area contributed by atoms with Crippen molar-refractivity contribution in [1.82, 2.24) is 0 Å². The average Bonchev–Trinajstić information content (AvgIpc) is 2.65. The van der Waals surface area contributed by atoms with E-state index in [-0.39, 0.29) is 12.4 Å². The molecule has 2 rings (SSSR count). The molecule has 0 spiro atoms. The summed E-state index contributed by atoms with van der Waals surface area (Å²) in [5.41, 5.74) is 5.80. The first-order chi connectivity index (χ1) is 8.02. The van der Waals surface area contributed by atoms with Crippen molar-refractivity contribution in [3.05, 3.63) is 29.6 Å². The van der Waals surface area contributed by atoms with Crippen LogP contribution in [0.25, 0.3) is 0 Å². The van der Waals surface area contributed by atoms with Gasteiger partial charge in [0.05, 0.1) is 6.61 Å². The Kier molecular flexibility index (Phi) is 3.02. The van der Waals surface area contributed by atoms with Crippen molar-refractivity contribution < 1.29 is 13.9 Å². The number of anilines is 1. The van der Waals surface area contributed by atoms with Crippen LogP contribution in [0.4, 0.5) is 10.1 Å². The van der Waals surface area contributed by atoms with Crippen LogP contribution in [0, 0.1) is 12.7 Å². The van der Waals surface area contributed by atoms with Crippen molar-refractivity contribution in [2.45, 2.75) is 18.9 Å². The van der Waals surface area contributed by atoms with Crippen LogP contribution < -0.4 is 11.1 Å². The zero-order valence-corrected chi connectivity index (χ0v) is 9.63. The summed E-state index contributed by atoms with van der Waals surface area (Å²) in [4.78, 5) is 11.5. The monoisotopic (exact) mass is 238 g/mol. The second-order valence-electron chi connectivity index (χ2n) is 4.39. The van der Waals surface area contributed by atoms with Crippen molar-refractivity contribution in [2.75, 3.05) is 18.5 Å². The van der Waals surface area contributed by atoms with E-state index in [0.717, 1.165) is 5.56 Å². The summed E-state index contributed by atoms with van der Waals surface area (Å²) in [6.45, 7) is 2.48. The summed E-state index contributed by atoms with van der Waals surface area (Å²) >= 11 is 0. The van der Waals surface area contributed by atoms with Gasteiger partial charge in [0.2, 0.25) is 5.91 Å². The zero-order chi connectivity index (χ0) is 12.5. The largest absolute Gasteiger partial charge is 0.378 e. The Hall–Kier alpha value is -1.62. The van der Waals surface area contributed by atoms with Crippen molar-refractivity contribution >= 4 is 11.6 Å². The summed E-state index contributed by atoms with van der Waals surface area (Å²) in [7, 11) is 0. The number of halogens is 1. The number of carbonyl (C=O) groups excluding carboxylic acids is 1. The molecule has 4 nitrogen and oxygen atoms in total. The lowest BCUT2D eigenvalue weighted by Crippen LogP contribution is -2.51. The first-order valence-corrected chi connectivity index (χ1v) is 5.45. The Morgan fingerprint density at radius 2 is 2.29 bits per heavy atom. The SMILES string of the molecule is Cc1cc(F)cc(NC2(C(N)=O)CCOC2)c1. The Labute approximate surface area is 98.9 Å². The lowest BCUT2D eigenvalue weighted by Gasteiger charge is -2.26. The number of hydrogen-bond acceptors (Lipinski definition) is 3. The number of benzene rings is 1. The number of ether oxygens (including phenoxy) is 1. The standard InChI is InChI=1S/C12H15FN2O2/c1-8-4-9(13)6-10(5-8)15-12(11(14)16)2-3-17-7-12/h4-6,15H,2-3,7H2,1H3,(H2,14,16). The van der Waals surface area contributed by atoms with Gasteiger partial charge in [-0.15, -0.1) is 0 Å². The van der Waals surface area contributed by atoms with Gasteiger partial charge < -0.3 is 15.8 Å². The topological polar surface area (TPSA) is 64.3 Å². The molecule has 1 aliphatic rings. The molecule has 1 fully saturated rings. The summed E-state index contributed by atoms with van der Waals surface area (Å²) in [6, 6.07) is 4.54. The van der Waals surface area contributed by atoms with E-state index in [1.807, 2.05) is 0 Å². The summed E-state index contributed by atoms with van der Waals surface area (Å²) in [6.07, 6.45) is 0.498. The van der Waals surface area contributed by atoms with E-state index in [2.05, 4.69) is 5.32 Å². The molecular formula is C12H15FN2O2. The van der Waals surface area contributed by atoms with E-state index in [4.69, 9.17) is 10.5 Å². The fourth-order valence-electron chi connectivity index (χ4n) is 2.00. The maximum Gasteiger partial charge on any atom is 0.245 e. The maximum atomic E-state index is 13.2. The summed E-state index contributed by atoms with van der Waals surface area (Å²) < 4.78 is 18.4. The molecule has 1 aromatic rings. The molecule has 1 aromatic carbocycles. The van der Waals surface area contributed by atoms with Crippen molar-refractivity contribution in [3.8, 4) is 0 Å². The van der Waals surface area contributed by atoms with Gasteiger partial charge in [-0.25, -0.2) is 4.39 Å². The van der Waals surface area contributed by atoms with Crippen LogP contribution in [0.1, 0.15) is 12.0 Å². The van der Waals surface area contributed by atoms with E-state index in [9.17, 15) is 9.18 Å². The number of nitrogens with two attached hydrogens (primary N) is 1. The zero-order valence-electron chi connectivity index (χ0n) is 9.63. The van der Waals surface area contributed by atoms with E-state index < -0.39 is 11.4 Å². The summed E-state index contributed by atoms with van der Waals surface area (Å²) in [5.74, 6) is -0.817. The molecule has 0 saturated carbocycles. The van der Waals surface area contributed by atoms with Crippen LogP contribution in [0.15, 0.2) is 18.2 Å². The Morgan fingerprint density at radius 1 is 1.53 bits per heavy atom. The number of primary amides is 1. The molecule has 1 atom stereocenters. The highest BCUT2D eigenvalue weighted by Gasteiger charge is 2.40. The fourth-order valence-corrected chi connectivity index (χ4v) is 2.00. The molecule has 1 amide bonds. The van der Waals surface area contributed by atoms with Gasteiger partial charge in [0.25, 0.3) is 0 Å². The van der Waals surface area contributed by atoms with Crippen LogP contribution in [0.3, 0.4) is 0 Å². The van der Waals surface area contributed by atoms with E-state index in [1.54, 1.807) is 13.0 Å². The van der Waals surface area contributed by atoms with Crippen LogP contribution in [-0.4, -0.2) is 24.7 Å². The van der Waals surface area contributed by atoms with Gasteiger partial charge >= 0.3 is 0 Å². The van der Waals surface area contributed by atoms with Gasteiger partial charge in [-0.3, -0.25) is 4.79 Å². The molecule has 1 heterocycles. The molecule has 0 aliphatic carbocycles. The Bertz CT molecular complexity index is 422. The van der Waals surface area contributed by atoms with Crippen LogP contribution in [0.2, 0.25) is 0 Å². The van der Waals surface area contributed by atoms with Crippen LogP contribution >= 0.6 is 0 Å². The molecule has 1 saturated heterocycles. The average molecular weight is 238 g/mol. The molecule has 5 heteroatoms. The maximum absolute atomic E-state index is 13.2. The smallest absolute Gasteiger partial charge is 0.245 e. The van der Waals surface area contributed by atoms with Gasteiger partial charge in [0.15, 0.2) is 0 Å². The minimum atomic E-state index is -0.916. The van der Waals surface area contributed by atoms with Gasteiger partial charge in [-0.1, -0.05) is 0 Å². The minimum absolute atomic E-state index is 0.220. The number of nitrogens with one attached hydrogen (secondary N) is 1. The lowest BCUT2D eigenvalue weighted by atomic mass is 9.97. The molecule has 17 heavy (non-hydrogen) atoms. The normalized spacial score (nSPS) is 23.6. The highest BCUT2D eigenvalue weighted by atomic mass is 19.1. The fraction of sp³-hybridized carbons (Fsp3) is 0.417. The van der Waals surface area contributed by atoms with Crippen molar-refractivity contribution in [3.63, 3.8) is 0 Å². The quantitative estimate of drug-likeness (QED) is 0.831. The molecule has 0 bridgehead atoms.